The topological polar surface area (TPSA) is 129 Å². The van der Waals surface area contributed by atoms with Crippen molar-refractivity contribution in [3.8, 4) is 5.88 Å². The molecule has 1 aromatic carbocycles. The number of benzene rings is 1. The molecule has 1 heterocycles. The number of primary amides is 2. The van der Waals surface area contributed by atoms with Crippen LogP contribution in [0.3, 0.4) is 0 Å². The zero-order valence-electron chi connectivity index (χ0n) is 22.3. The van der Waals surface area contributed by atoms with Crippen LogP contribution in [0.1, 0.15) is 51.1 Å². The molecule has 200 valence electrons. The maximum Gasteiger partial charge on any atom is 0.279 e. The summed E-state index contributed by atoms with van der Waals surface area (Å²) in [6.07, 6.45) is 4.64. The molecule has 8 heteroatoms. The molecule has 4 bridgehead atoms. The third kappa shape index (κ3) is 3.91. The van der Waals surface area contributed by atoms with Crippen LogP contribution in [0.2, 0.25) is 0 Å². The number of likely N-dealkylation sites (N-methyl/N-ethyl adjacent to an activating group) is 1. The summed E-state index contributed by atoms with van der Waals surface area (Å²) < 4.78 is 6.59. The number of nitrogens with two attached hydrogens (primary N) is 2. The summed E-state index contributed by atoms with van der Waals surface area (Å²) in [4.78, 5) is 30.7. The number of aromatic nitrogens is 1. The van der Waals surface area contributed by atoms with Crippen molar-refractivity contribution in [2.75, 3.05) is 27.2 Å². The predicted octanol–water partition coefficient (Wildman–Crippen LogP) is 2.54. The van der Waals surface area contributed by atoms with Crippen LogP contribution < -0.4 is 16.2 Å². The lowest BCUT2D eigenvalue weighted by atomic mass is 9.41. The van der Waals surface area contributed by atoms with Crippen molar-refractivity contribution in [2.24, 2.45) is 34.6 Å². The smallest absolute Gasteiger partial charge is 0.279 e. The second kappa shape index (κ2) is 9.24. The molecule has 8 nitrogen and oxygen atoms in total. The maximum absolute atomic E-state index is 13.4. The largest absolute Gasteiger partial charge is 0.471 e. The summed E-state index contributed by atoms with van der Waals surface area (Å²) in [7, 11) is 4.01. The Morgan fingerprint density at radius 1 is 1.16 bits per heavy atom. The van der Waals surface area contributed by atoms with Gasteiger partial charge in [0.25, 0.3) is 5.91 Å². The number of amides is 2. The number of quaternary nitrogens is 1. The van der Waals surface area contributed by atoms with E-state index in [1.54, 1.807) is 0 Å². The summed E-state index contributed by atoms with van der Waals surface area (Å²) in [5, 5.41) is 13.3. The quantitative estimate of drug-likeness (QED) is 0.424. The highest BCUT2D eigenvalue weighted by atomic mass is 16.5. The zero-order valence-corrected chi connectivity index (χ0v) is 22.3. The molecule has 1 aromatic heterocycles. The number of unbranched alkanes of at least 4 members (excludes halogenated alkanes) is 1. The normalized spacial score (nSPS) is 32.5. The van der Waals surface area contributed by atoms with E-state index in [1.807, 2.05) is 32.3 Å². The van der Waals surface area contributed by atoms with Crippen LogP contribution in [0.4, 0.5) is 0 Å². The number of hydrogen-bond donors (Lipinski definition) is 3. The van der Waals surface area contributed by atoms with Gasteiger partial charge in [0.1, 0.15) is 13.2 Å². The summed E-state index contributed by atoms with van der Waals surface area (Å²) >= 11 is 0. The van der Waals surface area contributed by atoms with E-state index < -0.39 is 28.9 Å². The first-order valence-corrected chi connectivity index (χ1v) is 13.7. The molecular weight excluding hydrogens is 468 g/mol. The van der Waals surface area contributed by atoms with Gasteiger partial charge in [0.15, 0.2) is 5.54 Å². The Morgan fingerprint density at radius 3 is 2.62 bits per heavy atom. The van der Waals surface area contributed by atoms with Crippen molar-refractivity contribution in [3.63, 3.8) is 0 Å². The first-order valence-electron chi connectivity index (χ1n) is 13.7. The molecule has 6 rings (SSSR count). The summed E-state index contributed by atoms with van der Waals surface area (Å²) in [6.45, 7) is 3.02. The molecule has 0 aliphatic heterocycles. The molecular formula is C29H41N4O4+. The van der Waals surface area contributed by atoms with Gasteiger partial charge in [-0.3, -0.25) is 9.59 Å². The van der Waals surface area contributed by atoms with Gasteiger partial charge in [-0.15, -0.1) is 0 Å². The summed E-state index contributed by atoms with van der Waals surface area (Å²) in [6, 6.07) is 10.2. The predicted molar refractivity (Wildman–Crippen MR) is 141 cm³/mol. The third-order valence-electron chi connectivity index (χ3n) is 9.92. The van der Waals surface area contributed by atoms with E-state index in [0.717, 1.165) is 35.7 Å². The summed E-state index contributed by atoms with van der Waals surface area (Å²) in [5.74, 6) is -0.646. The zero-order chi connectivity index (χ0) is 26.6. The minimum absolute atomic E-state index is 0.0184. The van der Waals surface area contributed by atoms with Crippen molar-refractivity contribution in [1.29, 1.82) is 0 Å². The molecule has 6 unspecified atom stereocenters. The average Bonchev–Trinajstić information content (AvgIpc) is 2.85. The highest BCUT2D eigenvalue weighted by molar-refractivity contribution is 5.88. The van der Waals surface area contributed by atoms with Gasteiger partial charge < -0.3 is 25.8 Å². The van der Waals surface area contributed by atoms with Crippen molar-refractivity contribution in [1.82, 2.24) is 4.98 Å². The van der Waals surface area contributed by atoms with E-state index in [1.165, 1.54) is 0 Å². The monoisotopic (exact) mass is 509 g/mol. The fraction of sp³-hybridized carbons (Fsp3) is 0.621. The van der Waals surface area contributed by atoms with E-state index in [9.17, 15) is 14.7 Å². The maximum atomic E-state index is 13.4. The minimum Gasteiger partial charge on any atom is -0.471 e. The fourth-order valence-electron chi connectivity index (χ4n) is 8.24. The minimum atomic E-state index is -0.989. The standard InChI is InChI=1S/C29H40N4O4/c1-4-5-9-21-14-18-8-6-7-10-22(18)25(32-21)37-12-11-33(2,3)29(27(31)36)20-13-19-15-28(16-20,26(30)35)17-23(29)24(19)34/h6-8,10,14,19-20,23-24,34H,4-5,9,11-13,15-17H2,1-3H3,(H3-,30,31,35,36)/p+1. The second-order valence-electron chi connectivity index (χ2n) is 12.2. The van der Waals surface area contributed by atoms with Crippen LogP contribution in [0.15, 0.2) is 30.3 Å². The second-order valence-corrected chi connectivity index (χ2v) is 12.2. The number of pyridine rings is 1. The van der Waals surface area contributed by atoms with Crippen molar-refractivity contribution >= 4 is 22.6 Å². The number of fused-ring (bicyclic) bond motifs is 1. The molecule has 2 aromatic rings. The molecule has 0 saturated heterocycles. The lowest BCUT2D eigenvalue weighted by Gasteiger charge is -2.67. The first-order chi connectivity index (χ1) is 17.6. The number of ether oxygens (including phenoxy) is 1. The van der Waals surface area contributed by atoms with E-state index in [0.29, 0.717) is 44.7 Å². The average molecular weight is 510 g/mol. The number of aryl methyl sites for hydroxylation is 1. The van der Waals surface area contributed by atoms with Crippen molar-refractivity contribution < 1.29 is 23.9 Å². The van der Waals surface area contributed by atoms with Gasteiger partial charge in [0, 0.05) is 17.0 Å². The van der Waals surface area contributed by atoms with Gasteiger partial charge in [-0.25, -0.2) is 4.98 Å². The Morgan fingerprint density at radius 2 is 1.92 bits per heavy atom. The van der Waals surface area contributed by atoms with Gasteiger partial charge in [0.05, 0.1) is 31.5 Å². The number of carbonyl (C=O) groups is 2. The Kier molecular flexibility index (Phi) is 6.47. The number of aliphatic hydroxyl groups is 1. The number of rotatable bonds is 10. The number of nitrogens with zero attached hydrogens (tertiary/aromatic N) is 2. The van der Waals surface area contributed by atoms with Crippen molar-refractivity contribution in [2.45, 2.75) is 63.5 Å². The molecule has 4 fully saturated rings. The van der Waals surface area contributed by atoms with Crippen LogP contribution in [-0.2, 0) is 16.0 Å². The van der Waals surface area contributed by atoms with Crippen LogP contribution in [0.5, 0.6) is 5.88 Å². The van der Waals surface area contributed by atoms with Crippen LogP contribution in [0.25, 0.3) is 10.8 Å². The summed E-state index contributed by atoms with van der Waals surface area (Å²) in [5.41, 5.74) is 11.5. The SMILES string of the molecule is CCCCc1cc2ccccc2c(OCC[N+](C)(C)C2(C(N)=O)C3CC4CC(C(N)=O)(C3)CC2C4O)n1. The van der Waals surface area contributed by atoms with Gasteiger partial charge in [-0.1, -0.05) is 31.5 Å². The Balaban J connectivity index is 1.41. The Labute approximate surface area is 218 Å². The lowest BCUT2D eigenvalue weighted by Crippen LogP contribution is -2.81. The molecule has 4 aliphatic carbocycles. The van der Waals surface area contributed by atoms with Gasteiger partial charge in [-0.05, 0) is 62.0 Å². The van der Waals surface area contributed by atoms with Crippen molar-refractivity contribution in [3.05, 3.63) is 36.0 Å². The van der Waals surface area contributed by atoms with Crippen LogP contribution >= 0.6 is 0 Å². The Bertz CT molecular complexity index is 1220. The highest BCUT2D eigenvalue weighted by Gasteiger charge is 2.75. The molecule has 4 saturated carbocycles. The van der Waals surface area contributed by atoms with Gasteiger partial charge in [0.2, 0.25) is 11.8 Å². The van der Waals surface area contributed by atoms with E-state index in [4.69, 9.17) is 21.2 Å². The first kappa shape index (κ1) is 25.9. The van der Waals surface area contributed by atoms with E-state index in [-0.39, 0.29) is 22.2 Å². The van der Waals surface area contributed by atoms with Crippen LogP contribution in [-0.4, -0.2) is 65.3 Å². The van der Waals surface area contributed by atoms with Gasteiger partial charge in [-0.2, -0.15) is 0 Å². The van der Waals surface area contributed by atoms with Crippen LogP contribution in [0, 0.1) is 23.2 Å². The molecule has 2 amide bonds. The molecule has 37 heavy (non-hydrogen) atoms. The van der Waals surface area contributed by atoms with Gasteiger partial charge >= 0.3 is 0 Å². The molecule has 0 radical (unpaired) electrons. The fourth-order valence-corrected chi connectivity index (χ4v) is 8.24. The number of aliphatic hydroxyl groups excluding tert-OH is 1. The lowest BCUT2D eigenvalue weighted by molar-refractivity contribution is -0.944. The molecule has 0 spiro atoms. The molecule has 6 atom stereocenters. The third-order valence-corrected chi connectivity index (χ3v) is 9.92. The number of hydrogen-bond acceptors (Lipinski definition) is 5. The molecule has 5 N–H and O–H groups in total. The Hall–Kier alpha value is -2.71. The molecule has 4 aliphatic rings. The van der Waals surface area contributed by atoms with E-state index >= 15 is 0 Å². The van der Waals surface area contributed by atoms with E-state index in [2.05, 4.69) is 19.1 Å². The highest BCUT2D eigenvalue weighted by Crippen LogP contribution is 2.65. The number of carbonyl (C=O) groups excluding carboxylic acids is 2.